The molecule has 0 aliphatic heterocycles. The van der Waals surface area contributed by atoms with Gasteiger partial charge in [-0.15, -0.1) is 0 Å². The quantitative estimate of drug-likeness (QED) is 0.563. The zero-order valence-electron chi connectivity index (χ0n) is 9.82. The van der Waals surface area contributed by atoms with Crippen LogP contribution in [0.15, 0.2) is 22.2 Å². The number of rotatable bonds is 7. The second kappa shape index (κ2) is 7.46. The summed E-state index contributed by atoms with van der Waals surface area (Å²) in [6, 6.07) is 1.94. The highest BCUT2D eigenvalue weighted by Crippen LogP contribution is 2.12. The number of nitrogens with one attached hydrogen (secondary N) is 2. The first-order valence-corrected chi connectivity index (χ1v) is 6.62. The minimum Gasteiger partial charge on any atom is -0.314 e. The highest BCUT2D eigenvalue weighted by Gasteiger charge is 2.01. The summed E-state index contributed by atoms with van der Waals surface area (Å²) >= 11 is 1.59. The van der Waals surface area contributed by atoms with Gasteiger partial charge in [0.2, 0.25) is 0 Å². The maximum atomic E-state index is 11.0. The first-order chi connectivity index (χ1) is 7.72. The number of aromatic nitrogens is 2. The number of hydrogen-bond acceptors (Lipinski definition) is 4. The van der Waals surface area contributed by atoms with Gasteiger partial charge in [-0.3, -0.25) is 4.79 Å². The van der Waals surface area contributed by atoms with Crippen LogP contribution in [-0.4, -0.2) is 28.3 Å². The predicted molar refractivity (Wildman–Crippen MR) is 68.0 cm³/mol. The van der Waals surface area contributed by atoms with E-state index in [0.29, 0.717) is 11.2 Å². The molecule has 2 N–H and O–H groups in total. The average molecular weight is 241 g/mol. The molecule has 1 atom stereocenters. The van der Waals surface area contributed by atoms with E-state index in [-0.39, 0.29) is 5.56 Å². The Morgan fingerprint density at radius 2 is 2.44 bits per heavy atom. The van der Waals surface area contributed by atoms with Crippen LogP contribution in [0, 0.1) is 0 Å². The lowest BCUT2D eigenvalue weighted by Crippen LogP contribution is -2.27. The molecule has 0 saturated heterocycles. The molecule has 0 aliphatic rings. The molecule has 1 rings (SSSR count). The van der Waals surface area contributed by atoms with Gasteiger partial charge in [0.1, 0.15) is 0 Å². The van der Waals surface area contributed by atoms with Gasteiger partial charge in [0, 0.05) is 24.1 Å². The summed E-state index contributed by atoms with van der Waals surface area (Å²) in [5, 5.41) is 4.13. The van der Waals surface area contributed by atoms with E-state index in [2.05, 4.69) is 29.1 Å². The lowest BCUT2D eigenvalue weighted by atomic mass is 10.2. The van der Waals surface area contributed by atoms with Crippen LogP contribution in [0.2, 0.25) is 0 Å². The van der Waals surface area contributed by atoms with E-state index in [4.69, 9.17) is 0 Å². The Hall–Kier alpha value is -0.810. The van der Waals surface area contributed by atoms with Crippen LogP contribution in [0.3, 0.4) is 0 Å². The van der Waals surface area contributed by atoms with Gasteiger partial charge in [-0.1, -0.05) is 18.7 Å². The second-order valence-corrected chi connectivity index (χ2v) is 4.82. The van der Waals surface area contributed by atoms with Gasteiger partial charge in [-0.05, 0) is 26.3 Å². The minimum absolute atomic E-state index is 0.0883. The monoisotopic (exact) mass is 241 g/mol. The third-order valence-electron chi connectivity index (χ3n) is 2.18. The van der Waals surface area contributed by atoms with Crippen molar-refractivity contribution >= 4 is 11.8 Å². The molecule has 0 aromatic carbocycles. The summed E-state index contributed by atoms with van der Waals surface area (Å²) in [5.41, 5.74) is -0.0883. The fourth-order valence-electron chi connectivity index (χ4n) is 1.25. The Morgan fingerprint density at radius 3 is 3.12 bits per heavy atom. The summed E-state index contributed by atoms with van der Waals surface area (Å²) in [7, 11) is 0. The van der Waals surface area contributed by atoms with E-state index in [0.717, 1.165) is 25.1 Å². The molecule has 0 bridgehead atoms. The summed E-state index contributed by atoms with van der Waals surface area (Å²) in [4.78, 5) is 17.8. The van der Waals surface area contributed by atoms with Gasteiger partial charge < -0.3 is 10.3 Å². The van der Waals surface area contributed by atoms with Gasteiger partial charge in [-0.2, -0.15) is 0 Å². The summed E-state index contributed by atoms with van der Waals surface area (Å²) in [5.74, 6) is 0.963. The maximum absolute atomic E-state index is 11.0. The summed E-state index contributed by atoms with van der Waals surface area (Å²) < 4.78 is 0. The zero-order chi connectivity index (χ0) is 11.8. The van der Waals surface area contributed by atoms with Gasteiger partial charge >= 0.3 is 0 Å². The van der Waals surface area contributed by atoms with Crippen molar-refractivity contribution in [3.8, 4) is 0 Å². The van der Waals surface area contributed by atoms with Gasteiger partial charge in [0.05, 0.1) is 0 Å². The Balaban J connectivity index is 2.22. The van der Waals surface area contributed by atoms with Crippen molar-refractivity contribution in [1.29, 1.82) is 0 Å². The van der Waals surface area contributed by atoms with E-state index in [1.54, 1.807) is 18.0 Å². The van der Waals surface area contributed by atoms with Crippen molar-refractivity contribution < 1.29 is 0 Å². The van der Waals surface area contributed by atoms with Crippen molar-refractivity contribution in [2.45, 2.75) is 37.9 Å². The smallest absolute Gasteiger partial charge is 0.251 e. The molecule has 90 valence electrons. The molecule has 0 spiro atoms. The minimum atomic E-state index is -0.0883. The predicted octanol–water partition coefficient (Wildman–Crippen LogP) is 1.64. The second-order valence-electron chi connectivity index (χ2n) is 3.73. The van der Waals surface area contributed by atoms with E-state index in [9.17, 15) is 4.79 Å². The third kappa shape index (κ3) is 5.32. The molecule has 16 heavy (non-hydrogen) atoms. The standard InChI is InChI=1S/C11H19N3OS/c1-3-6-12-9(2)5-8-16-11-13-7-4-10(15)14-11/h4,7,9,12H,3,5-6,8H2,1-2H3,(H,13,14,15). The van der Waals surface area contributed by atoms with Crippen molar-refractivity contribution in [2.75, 3.05) is 12.3 Å². The van der Waals surface area contributed by atoms with Crippen molar-refractivity contribution in [2.24, 2.45) is 0 Å². The average Bonchev–Trinajstić information content (AvgIpc) is 2.26. The number of aromatic amines is 1. The van der Waals surface area contributed by atoms with Gasteiger partial charge in [-0.25, -0.2) is 4.98 Å². The molecule has 0 saturated carbocycles. The first-order valence-electron chi connectivity index (χ1n) is 5.64. The molecule has 0 amide bonds. The SMILES string of the molecule is CCCNC(C)CCSc1nccc(=O)[nH]1. The lowest BCUT2D eigenvalue weighted by molar-refractivity contribution is 0.536. The molecule has 0 fully saturated rings. The molecular formula is C11H19N3OS. The molecule has 5 heteroatoms. The number of H-pyrrole nitrogens is 1. The van der Waals surface area contributed by atoms with Crippen LogP contribution in [0.4, 0.5) is 0 Å². The fourth-order valence-corrected chi connectivity index (χ4v) is 2.22. The molecule has 1 unspecified atom stereocenters. The lowest BCUT2D eigenvalue weighted by Gasteiger charge is -2.11. The highest BCUT2D eigenvalue weighted by atomic mass is 32.2. The van der Waals surface area contributed by atoms with Crippen molar-refractivity contribution in [1.82, 2.24) is 15.3 Å². The number of hydrogen-bond donors (Lipinski definition) is 2. The van der Waals surface area contributed by atoms with Crippen LogP contribution >= 0.6 is 11.8 Å². The molecule has 0 radical (unpaired) electrons. The van der Waals surface area contributed by atoms with Crippen molar-refractivity contribution in [3.63, 3.8) is 0 Å². The Morgan fingerprint density at radius 1 is 1.62 bits per heavy atom. The number of thioether (sulfide) groups is 1. The Bertz CT molecular complexity index is 353. The van der Waals surface area contributed by atoms with Crippen LogP contribution in [0.25, 0.3) is 0 Å². The highest BCUT2D eigenvalue weighted by molar-refractivity contribution is 7.99. The largest absolute Gasteiger partial charge is 0.314 e. The molecule has 1 aromatic rings. The summed E-state index contributed by atoms with van der Waals surface area (Å²) in [6.07, 6.45) is 3.77. The molecule has 1 aromatic heterocycles. The van der Waals surface area contributed by atoms with E-state index >= 15 is 0 Å². The maximum Gasteiger partial charge on any atom is 0.251 e. The summed E-state index contributed by atoms with van der Waals surface area (Å²) in [6.45, 7) is 5.40. The van der Waals surface area contributed by atoms with Crippen LogP contribution in [-0.2, 0) is 0 Å². The van der Waals surface area contributed by atoms with Crippen LogP contribution in [0.1, 0.15) is 26.7 Å². The normalized spacial score (nSPS) is 12.6. The van der Waals surface area contributed by atoms with Crippen molar-refractivity contribution in [3.05, 3.63) is 22.6 Å². The topological polar surface area (TPSA) is 57.8 Å². The van der Waals surface area contributed by atoms with Crippen LogP contribution in [0.5, 0.6) is 0 Å². The molecular weight excluding hydrogens is 222 g/mol. The van der Waals surface area contributed by atoms with Gasteiger partial charge in [0.25, 0.3) is 5.56 Å². The van der Waals surface area contributed by atoms with Gasteiger partial charge in [0.15, 0.2) is 5.16 Å². The zero-order valence-corrected chi connectivity index (χ0v) is 10.6. The number of nitrogens with zero attached hydrogens (tertiary/aromatic N) is 1. The molecule has 1 heterocycles. The Labute approximate surface area is 100 Å². The Kier molecular flexibility index (Phi) is 6.18. The van der Waals surface area contributed by atoms with E-state index < -0.39 is 0 Å². The third-order valence-corrected chi connectivity index (χ3v) is 3.10. The first kappa shape index (κ1) is 13.3. The van der Waals surface area contributed by atoms with E-state index in [1.807, 2.05) is 0 Å². The van der Waals surface area contributed by atoms with E-state index in [1.165, 1.54) is 6.07 Å². The fraction of sp³-hybridized carbons (Fsp3) is 0.636. The molecule has 0 aliphatic carbocycles. The molecule has 4 nitrogen and oxygen atoms in total. The van der Waals surface area contributed by atoms with Crippen LogP contribution < -0.4 is 10.9 Å².